The Balaban J connectivity index is 1.57. The number of rotatable bonds is 5. The van der Waals surface area contributed by atoms with Crippen LogP contribution in [-0.2, 0) is 13.5 Å². The molecule has 5 heteroatoms. The molecule has 0 saturated carbocycles. The number of pyridine rings is 1. The third-order valence-corrected chi connectivity index (χ3v) is 4.65. The molecule has 1 amide bonds. The summed E-state index contributed by atoms with van der Waals surface area (Å²) in [5, 5.41) is 7.29. The van der Waals surface area contributed by atoms with Crippen molar-refractivity contribution in [3.05, 3.63) is 102 Å². The van der Waals surface area contributed by atoms with Gasteiger partial charge in [-0.1, -0.05) is 42.5 Å². The Morgan fingerprint density at radius 3 is 2.54 bits per heavy atom. The summed E-state index contributed by atoms with van der Waals surface area (Å²) in [6.45, 7) is 0. The molecule has 2 aromatic heterocycles. The molecule has 4 aromatic rings. The van der Waals surface area contributed by atoms with Gasteiger partial charge in [0.2, 0.25) is 0 Å². The fraction of sp³-hybridized carbons (Fsp3) is 0.0870. The lowest BCUT2D eigenvalue weighted by Crippen LogP contribution is -2.14. The maximum Gasteiger partial charge on any atom is 0.259 e. The van der Waals surface area contributed by atoms with Crippen molar-refractivity contribution in [3.8, 4) is 11.1 Å². The van der Waals surface area contributed by atoms with E-state index in [4.69, 9.17) is 0 Å². The lowest BCUT2D eigenvalue weighted by molar-refractivity contribution is 0.102. The van der Waals surface area contributed by atoms with Crippen LogP contribution in [0.3, 0.4) is 0 Å². The fourth-order valence-electron chi connectivity index (χ4n) is 3.17. The lowest BCUT2D eigenvalue weighted by atomic mass is 10.1. The van der Waals surface area contributed by atoms with E-state index in [0.717, 1.165) is 28.1 Å². The second-order valence-electron chi connectivity index (χ2n) is 6.56. The number of amides is 1. The van der Waals surface area contributed by atoms with E-state index in [-0.39, 0.29) is 5.91 Å². The molecule has 5 nitrogen and oxygen atoms in total. The highest BCUT2D eigenvalue weighted by Crippen LogP contribution is 2.23. The average molecular weight is 368 g/mol. The van der Waals surface area contributed by atoms with Gasteiger partial charge in [0.1, 0.15) is 0 Å². The first-order valence-electron chi connectivity index (χ1n) is 9.07. The predicted octanol–water partition coefficient (Wildman–Crippen LogP) is 4.33. The monoisotopic (exact) mass is 368 g/mol. The highest BCUT2D eigenvalue weighted by Gasteiger charge is 2.17. The van der Waals surface area contributed by atoms with Crippen LogP contribution in [-0.4, -0.2) is 20.7 Å². The van der Waals surface area contributed by atoms with E-state index in [1.54, 1.807) is 23.3 Å². The van der Waals surface area contributed by atoms with E-state index in [0.29, 0.717) is 12.0 Å². The summed E-state index contributed by atoms with van der Waals surface area (Å²) in [4.78, 5) is 17.0. The number of benzene rings is 2. The minimum Gasteiger partial charge on any atom is -0.322 e. The number of hydrogen-bond acceptors (Lipinski definition) is 3. The number of nitrogens with one attached hydrogen (secondary N) is 1. The van der Waals surface area contributed by atoms with Gasteiger partial charge in [0.25, 0.3) is 5.91 Å². The number of carbonyl (C=O) groups excluding carboxylic acids is 1. The Kier molecular flexibility index (Phi) is 4.97. The largest absolute Gasteiger partial charge is 0.322 e. The van der Waals surface area contributed by atoms with Crippen molar-refractivity contribution in [2.24, 2.45) is 7.05 Å². The Hall–Kier alpha value is -3.73. The van der Waals surface area contributed by atoms with E-state index in [1.165, 1.54) is 0 Å². The van der Waals surface area contributed by atoms with Crippen LogP contribution < -0.4 is 5.32 Å². The van der Waals surface area contributed by atoms with Crippen molar-refractivity contribution >= 4 is 11.6 Å². The van der Waals surface area contributed by atoms with Crippen LogP contribution in [0.1, 0.15) is 21.6 Å². The number of hydrogen-bond donors (Lipinski definition) is 1. The van der Waals surface area contributed by atoms with E-state index >= 15 is 0 Å². The van der Waals surface area contributed by atoms with Gasteiger partial charge in [-0.15, -0.1) is 0 Å². The van der Waals surface area contributed by atoms with Gasteiger partial charge in [-0.25, -0.2) is 0 Å². The quantitative estimate of drug-likeness (QED) is 0.570. The molecular formula is C23H20N4O. The van der Waals surface area contributed by atoms with Gasteiger partial charge in [0.05, 0.1) is 17.5 Å². The Morgan fingerprint density at radius 1 is 0.964 bits per heavy atom. The molecule has 0 spiro atoms. The van der Waals surface area contributed by atoms with Crippen LogP contribution in [0.4, 0.5) is 5.69 Å². The zero-order chi connectivity index (χ0) is 19.3. The normalized spacial score (nSPS) is 10.6. The zero-order valence-electron chi connectivity index (χ0n) is 15.5. The number of aromatic nitrogens is 3. The maximum absolute atomic E-state index is 12.9. The standard InChI is InChI=1S/C23H20N4O/c1-27-22(14-17-6-3-2-4-7-17)21(16-25-27)23(28)26-20-9-5-8-19(15-20)18-10-12-24-13-11-18/h2-13,15-16H,14H2,1H3,(H,26,28). The molecule has 2 aromatic carbocycles. The van der Waals surface area contributed by atoms with Crippen LogP contribution in [0.25, 0.3) is 11.1 Å². The fourth-order valence-corrected chi connectivity index (χ4v) is 3.17. The van der Waals surface area contributed by atoms with Gasteiger partial charge >= 0.3 is 0 Å². The molecule has 0 radical (unpaired) electrons. The van der Waals surface area contributed by atoms with Crippen LogP contribution in [0.5, 0.6) is 0 Å². The summed E-state index contributed by atoms with van der Waals surface area (Å²) in [7, 11) is 1.86. The molecule has 4 rings (SSSR count). The van der Waals surface area contributed by atoms with Crippen LogP contribution in [0.15, 0.2) is 85.3 Å². The number of aryl methyl sites for hydroxylation is 1. The van der Waals surface area contributed by atoms with Crippen molar-refractivity contribution < 1.29 is 4.79 Å². The zero-order valence-corrected chi connectivity index (χ0v) is 15.5. The van der Waals surface area contributed by atoms with Crippen molar-refractivity contribution in [2.45, 2.75) is 6.42 Å². The van der Waals surface area contributed by atoms with Crippen LogP contribution in [0, 0.1) is 0 Å². The first-order chi connectivity index (χ1) is 13.7. The van der Waals surface area contributed by atoms with E-state index < -0.39 is 0 Å². The third-order valence-electron chi connectivity index (χ3n) is 4.65. The number of anilines is 1. The van der Waals surface area contributed by atoms with Gasteiger partial charge in [0, 0.05) is 31.5 Å². The molecular weight excluding hydrogens is 348 g/mol. The summed E-state index contributed by atoms with van der Waals surface area (Å²) in [6.07, 6.45) is 5.79. The highest BCUT2D eigenvalue weighted by molar-refractivity contribution is 6.05. The molecule has 28 heavy (non-hydrogen) atoms. The predicted molar refractivity (Wildman–Crippen MR) is 110 cm³/mol. The Labute approximate surface area is 163 Å². The number of nitrogens with zero attached hydrogens (tertiary/aromatic N) is 3. The topological polar surface area (TPSA) is 59.8 Å². The van der Waals surface area contributed by atoms with Gasteiger partial charge in [0.15, 0.2) is 0 Å². The van der Waals surface area contributed by atoms with Crippen LogP contribution >= 0.6 is 0 Å². The lowest BCUT2D eigenvalue weighted by Gasteiger charge is -2.09. The second kappa shape index (κ2) is 7.88. The van der Waals surface area contributed by atoms with E-state index in [9.17, 15) is 4.79 Å². The van der Waals surface area contributed by atoms with Gasteiger partial charge in [-0.2, -0.15) is 5.10 Å². The average Bonchev–Trinajstić information content (AvgIpc) is 3.10. The van der Waals surface area contributed by atoms with E-state index in [1.807, 2.05) is 73.8 Å². The molecule has 0 fully saturated rings. The molecule has 0 saturated heterocycles. The van der Waals surface area contributed by atoms with Crippen molar-refractivity contribution in [1.82, 2.24) is 14.8 Å². The molecule has 0 aliphatic rings. The minimum absolute atomic E-state index is 0.161. The molecule has 0 bridgehead atoms. The van der Waals surface area contributed by atoms with Gasteiger partial charge in [-0.3, -0.25) is 14.5 Å². The summed E-state index contributed by atoms with van der Waals surface area (Å²) in [5.41, 5.74) is 5.43. The van der Waals surface area contributed by atoms with Crippen LogP contribution in [0.2, 0.25) is 0 Å². The first-order valence-corrected chi connectivity index (χ1v) is 9.07. The minimum atomic E-state index is -0.161. The van der Waals surface area contributed by atoms with Gasteiger partial charge < -0.3 is 5.32 Å². The van der Waals surface area contributed by atoms with Gasteiger partial charge in [-0.05, 0) is 41.0 Å². The Morgan fingerprint density at radius 2 is 1.75 bits per heavy atom. The van der Waals surface area contributed by atoms with Crippen molar-refractivity contribution in [1.29, 1.82) is 0 Å². The molecule has 0 aliphatic carbocycles. The highest BCUT2D eigenvalue weighted by atomic mass is 16.1. The summed E-state index contributed by atoms with van der Waals surface area (Å²) < 4.78 is 1.76. The smallest absolute Gasteiger partial charge is 0.259 e. The molecule has 138 valence electrons. The third kappa shape index (κ3) is 3.83. The van der Waals surface area contributed by atoms with E-state index in [2.05, 4.69) is 15.4 Å². The summed E-state index contributed by atoms with van der Waals surface area (Å²) >= 11 is 0. The molecule has 1 N–H and O–H groups in total. The SMILES string of the molecule is Cn1ncc(C(=O)Nc2cccc(-c3ccncc3)c2)c1Cc1ccccc1. The second-order valence-corrected chi connectivity index (χ2v) is 6.56. The van der Waals surface area contributed by atoms with Crippen molar-refractivity contribution in [3.63, 3.8) is 0 Å². The molecule has 2 heterocycles. The maximum atomic E-state index is 12.9. The molecule has 0 unspecified atom stereocenters. The van der Waals surface area contributed by atoms with Crippen molar-refractivity contribution in [2.75, 3.05) is 5.32 Å². The first kappa shape index (κ1) is 17.7. The Bertz CT molecular complexity index is 1090. The number of carbonyl (C=O) groups is 1. The summed E-state index contributed by atoms with van der Waals surface area (Å²) in [5.74, 6) is -0.161. The summed E-state index contributed by atoms with van der Waals surface area (Å²) in [6, 6.07) is 21.7. The molecule has 0 atom stereocenters. The molecule has 0 aliphatic heterocycles.